The molecule has 0 aromatic carbocycles. The zero-order valence-corrected chi connectivity index (χ0v) is 5.11. The van der Waals surface area contributed by atoms with Gasteiger partial charge < -0.3 is 19.5 Å². The minimum atomic E-state index is -2.60. The van der Waals surface area contributed by atoms with Gasteiger partial charge in [-0.2, -0.15) is 0 Å². The second-order valence-corrected chi connectivity index (χ2v) is 1.21. The Kier molecular flexibility index (Phi) is 7.39. The van der Waals surface area contributed by atoms with Gasteiger partial charge in [0.2, 0.25) is 0 Å². The normalized spacial score (nSPS) is 8.00. The number of halogens is 1. The standard InChI is InChI=1S/C2H2O4.ClHO3/c3-1(4)2(5)6;2-1(3)4/h(H,3,4)(H,5,6);2H. The van der Waals surface area contributed by atoms with Crippen molar-refractivity contribution in [2.45, 2.75) is 0 Å². The highest BCUT2D eigenvalue weighted by Gasteiger charge is 2.04. The van der Waals surface area contributed by atoms with Crippen molar-refractivity contribution in [3.8, 4) is 0 Å². The van der Waals surface area contributed by atoms with Gasteiger partial charge in [-0.25, -0.2) is 9.59 Å². The highest BCUT2D eigenvalue weighted by atomic mass is 35.6. The predicted octanol–water partition coefficient (Wildman–Crippen LogP) is -3.78. The molecule has 0 aromatic heterocycles. The summed E-state index contributed by atoms with van der Waals surface area (Å²) in [6.45, 7) is 0. The maximum absolute atomic E-state index is 9.10. The molecule has 0 bridgehead atoms. The van der Waals surface area contributed by atoms with Gasteiger partial charge in [0.05, 0.1) is 0 Å². The van der Waals surface area contributed by atoms with Gasteiger partial charge in [-0.1, -0.05) is 0 Å². The lowest BCUT2D eigenvalue weighted by Gasteiger charge is -1.72. The topological polar surface area (TPSA) is 141 Å². The van der Waals surface area contributed by atoms with Crippen LogP contribution in [0.5, 0.6) is 0 Å². The number of carboxylic acids is 2. The van der Waals surface area contributed by atoms with Crippen LogP contribution in [-0.2, 0) is 9.59 Å². The van der Waals surface area contributed by atoms with E-state index < -0.39 is 22.7 Å². The van der Waals surface area contributed by atoms with Crippen LogP contribution in [0.15, 0.2) is 0 Å². The molecule has 0 amide bonds. The average Bonchev–Trinajstić information content (AvgIpc) is 1.63. The molecule has 8 heteroatoms. The third-order valence-corrected chi connectivity index (χ3v) is 0.183. The molecule has 0 aliphatic heterocycles. The number of carbonyl (C=O) groups is 2. The summed E-state index contributed by atoms with van der Waals surface area (Å²) >= 11 is 0. The first-order chi connectivity index (χ1) is 4.37. The number of rotatable bonds is 0. The van der Waals surface area contributed by atoms with Crippen molar-refractivity contribution in [3.63, 3.8) is 0 Å². The first-order valence-electron chi connectivity index (χ1n) is 1.58. The van der Waals surface area contributed by atoms with Gasteiger partial charge in [-0.3, -0.25) is 0 Å². The zero-order valence-electron chi connectivity index (χ0n) is 4.35. The Morgan fingerprint density at radius 1 is 1.10 bits per heavy atom. The summed E-state index contributed by atoms with van der Waals surface area (Å²) in [7, 11) is -2.60. The fourth-order valence-electron chi connectivity index (χ4n) is 0. The molecule has 0 fully saturated rings. The molecule has 60 valence electrons. The Bertz CT molecular complexity index is 104. The molecule has 0 unspecified atom stereocenters. The maximum Gasteiger partial charge on any atom is 0.414 e. The number of hydrogen-bond acceptors (Lipinski definition) is 5. The van der Waals surface area contributed by atoms with Crippen LogP contribution in [0.4, 0.5) is 0 Å². The molecule has 10 heavy (non-hydrogen) atoms. The average molecular weight is 174 g/mol. The van der Waals surface area contributed by atoms with Crippen LogP contribution in [-0.4, -0.2) is 26.8 Å². The van der Waals surface area contributed by atoms with Crippen molar-refractivity contribution < 1.29 is 44.6 Å². The summed E-state index contributed by atoms with van der Waals surface area (Å²) in [5.74, 6) is -3.65. The van der Waals surface area contributed by atoms with E-state index in [1.54, 1.807) is 0 Å². The van der Waals surface area contributed by atoms with E-state index in [0.29, 0.717) is 0 Å². The third kappa shape index (κ3) is 27.4. The number of aliphatic carboxylic acids is 2. The van der Waals surface area contributed by atoms with Crippen LogP contribution in [0, 0.1) is 10.8 Å². The van der Waals surface area contributed by atoms with Gasteiger partial charge in [0.15, 0.2) is 0 Å². The van der Waals surface area contributed by atoms with E-state index in [-0.39, 0.29) is 0 Å². The van der Waals surface area contributed by atoms with Crippen molar-refractivity contribution in [2.24, 2.45) is 0 Å². The monoisotopic (exact) mass is 174 g/mol. The van der Waals surface area contributed by atoms with Gasteiger partial charge >= 0.3 is 11.9 Å². The SMILES string of the molecule is O=C(O)C(=O)O.[O-][Cl+2]([O-])O. The van der Waals surface area contributed by atoms with Crippen molar-refractivity contribution in [3.05, 3.63) is 0 Å². The zero-order chi connectivity index (χ0) is 8.73. The van der Waals surface area contributed by atoms with Crippen LogP contribution in [0.25, 0.3) is 0 Å². The van der Waals surface area contributed by atoms with Crippen LogP contribution < -0.4 is 9.32 Å². The highest BCUT2D eigenvalue weighted by Crippen LogP contribution is 1.56. The van der Waals surface area contributed by atoms with Crippen LogP contribution in [0.2, 0.25) is 0 Å². The van der Waals surface area contributed by atoms with Crippen LogP contribution in [0.1, 0.15) is 0 Å². The molecular formula is C2H3ClO7. The fourth-order valence-corrected chi connectivity index (χ4v) is 0. The molecular weight excluding hydrogens is 171 g/mol. The minimum absolute atomic E-state index is 1.82. The molecule has 0 saturated heterocycles. The Morgan fingerprint density at radius 3 is 1.20 bits per heavy atom. The van der Waals surface area contributed by atoms with Gasteiger partial charge in [-0.05, 0) is 0 Å². The molecule has 0 aliphatic rings. The quantitative estimate of drug-likeness (QED) is 0.320. The molecule has 0 spiro atoms. The van der Waals surface area contributed by atoms with E-state index in [9.17, 15) is 0 Å². The first kappa shape index (κ1) is 11.9. The largest absolute Gasteiger partial charge is 0.473 e. The second-order valence-electron chi connectivity index (χ2n) is 0.811. The minimum Gasteiger partial charge on any atom is -0.473 e. The molecule has 0 heterocycles. The molecule has 0 saturated carbocycles. The Labute approximate surface area is 57.5 Å². The fraction of sp³-hybridized carbons (Fsp3) is 0. The maximum atomic E-state index is 9.10. The lowest BCUT2D eigenvalue weighted by molar-refractivity contribution is -1.63. The van der Waals surface area contributed by atoms with Crippen molar-refractivity contribution >= 4 is 11.9 Å². The molecule has 0 aliphatic carbocycles. The summed E-state index contributed by atoms with van der Waals surface area (Å²) in [6.07, 6.45) is 0. The lowest BCUT2D eigenvalue weighted by Crippen LogP contribution is -2.30. The summed E-state index contributed by atoms with van der Waals surface area (Å²) in [5.41, 5.74) is 0. The van der Waals surface area contributed by atoms with Gasteiger partial charge in [0, 0.05) is 4.66 Å². The summed E-state index contributed by atoms with van der Waals surface area (Å²) < 4.78 is 24.0. The predicted molar refractivity (Wildman–Crippen MR) is 17.5 cm³/mol. The van der Waals surface area contributed by atoms with E-state index in [4.69, 9.17) is 33.8 Å². The molecule has 0 atom stereocenters. The second kappa shape index (κ2) is 6.23. The van der Waals surface area contributed by atoms with Gasteiger partial charge in [0.25, 0.3) is 10.8 Å². The molecule has 3 N–H and O–H groups in total. The molecule has 0 rings (SSSR count). The lowest BCUT2D eigenvalue weighted by atomic mass is 10.7. The van der Waals surface area contributed by atoms with Gasteiger partial charge in [-0.15, -0.1) is 0 Å². The van der Waals surface area contributed by atoms with E-state index >= 15 is 0 Å². The Hall–Kier alpha value is -0.890. The van der Waals surface area contributed by atoms with Crippen molar-refractivity contribution in [1.82, 2.24) is 0 Å². The molecule has 0 radical (unpaired) electrons. The van der Waals surface area contributed by atoms with E-state index in [1.807, 2.05) is 0 Å². The summed E-state index contributed by atoms with van der Waals surface area (Å²) in [5, 5.41) is 14.8. The smallest absolute Gasteiger partial charge is 0.414 e. The number of carboxylic acid groups (broad SMARTS) is 2. The summed E-state index contributed by atoms with van der Waals surface area (Å²) in [4.78, 5) is 18.2. The molecule has 0 aromatic rings. The summed E-state index contributed by atoms with van der Waals surface area (Å²) in [6, 6.07) is 0. The molecule has 7 nitrogen and oxygen atoms in total. The highest BCUT2D eigenvalue weighted by molar-refractivity contribution is 6.27. The van der Waals surface area contributed by atoms with Crippen molar-refractivity contribution in [2.75, 3.05) is 0 Å². The van der Waals surface area contributed by atoms with Gasteiger partial charge in [0.1, 0.15) is 0 Å². The Balaban J connectivity index is 0. The van der Waals surface area contributed by atoms with E-state index in [0.717, 1.165) is 0 Å². The van der Waals surface area contributed by atoms with E-state index in [1.165, 1.54) is 0 Å². The van der Waals surface area contributed by atoms with Crippen LogP contribution in [0.3, 0.4) is 0 Å². The third-order valence-electron chi connectivity index (χ3n) is 0.183. The number of hydrogen-bond donors (Lipinski definition) is 3. The van der Waals surface area contributed by atoms with Crippen LogP contribution >= 0.6 is 0 Å². The van der Waals surface area contributed by atoms with Crippen molar-refractivity contribution in [1.29, 1.82) is 0 Å². The Morgan fingerprint density at radius 2 is 1.20 bits per heavy atom. The van der Waals surface area contributed by atoms with E-state index in [2.05, 4.69) is 0 Å². The first-order valence-corrected chi connectivity index (χ1v) is 2.54.